The first-order valence-electron chi connectivity index (χ1n) is 8.62. The van der Waals surface area contributed by atoms with E-state index in [9.17, 15) is 0 Å². The molecular weight excluding hydrogens is 350 g/mol. The van der Waals surface area contributed by atoms with Crippen molar-refractivity contribution in [2.75, 3.05) is 25.1 Å². The normalized spacial score (nSPS) is 15.2. The molecule has 2 aromatic rings. The Balaban J connectivity index is 1.62. The highest BCUT2D eigenvalue weighted by molar-refractivity contribution is 7.80. The van der Waals surface area contributed by atoms with Crippen molar-refractivity contribution >= 4 is 34.6 Å². The Labute approximate surface area is 160 Å². The van der Waals surface area contributed by atoms with Gasteiger partial charge in [-0.2, -0.15) is 0 Å². The van der Waals surface area contributed by atoms with Crippen LogP contribution >= 0.6 is 23.8 Å². The molecule has 25 heavy (non-hydrogen) atoms. The summed E-state index contributed by atoms with van der Waals surface area (Å²) in [5, 5.41) is 5.02. The summed E-state index contributed by atoms with van der Waals surface area (Å²) in [6.45, 7) is 7.93. The zero-order valence-electron chi connectivity index (χ0n) is 14.8. The molecule has 3 nitrogen and oxygen atoms in total. The van der Waals surface area contributed by atoms with Gasteiger partial charge in [-0.1, -0.05) is 47.5 Å². The molecule has 1 N–H and O–H groups in total. The first-order chi connectivity index (χ1) is 12.0. The summed E-state index contributed by atoms with van der Waals surface area (Å²) in [6, 6.07) is 14.4. The summed E-state index contributed by atoms with van der Waals surface area (Å²) in [5.41, 5.74) is 4.73. The smallest absolute Gasteiger partial charge is 0.174 e. The maximum atomic E-state index is 6.30. The molecule has 132 valence electrons. The molecule has 0 saturated carbocycles. The maximum absolute atomic E-state index is 6.30. The number of hydrogen-bond acceptors (Lipinski definition) is 2. The zero-order chi connectivity index (χ0) is 17.8. The van der Waals surface area contributed by atoms with Crippen LogP contribution in [0.15, 0.2) is 42.5 Å². The number of benzene rings is 2. The van der Waals surface area contributed by atoms with Crippen LogP contribution in [0.2, 0.25) is 5.02 Å². The van der Waals surface area contributed by atoms with Crippen LogP contribution in [-0.4, -0.2) is 34.7 Å². The molecule has 1 aliphatic heterocycles. The van der Waals surface area contributed by atoms with Crippen LogP contribution in [0.5, 0.6) is 0 Å². The number of thiocarbonyl (C=S) groups is 1. The van der Waals surface area contributed by atoms with Crippen molar-refractivity contribution in [3.63, 3.8) is 0 Å². The SMILES string of the molecule is Cc1ccc(NC(=S)N2CCCN(Cc3ccccc3Cl)C2)c(C)c1. The van der Waals surface area contributed by atoms with E-state index >= 15 is 0 Å². The number of aryl methyl sites for hydroxylation is 2. The molecule has 1 saturated heterocycles. The lowest BCUT2D eigenvalue weighted by molar-refractivity contribution is 0.134. The van der Waals surface area contributed by atoms with Gasteiger partial charge in [0.05, 0.1) is 6.67 Å². The molecule has 0 atom stereocenters. The molecule has 0 unspecified atom stereocenters. The quantitative estimate of drug-likeness (QED) is 0.777. The molecule has 0 aromatic heterocycles. The third-order valence-electron chi connectivity index (χ3n) is 4.54. The summed E-state index contributed by atoms with van der Waals surface area (Å²) in [6.07, 6.45) is 1.10. The van der Waals surface area contributed by atoms with Crippen molar-refractivity contribution in [2.24, 2.45) is 0 Å². The summed E-state index contributed by atoms with van der Waals surface area (Å²) >= 11 is 12.0. The fourth-order valence-corrected chi connectivity index (χ4v) is 3.63. The van der Waals surface area contributed by atoms with E-state index in [1.165, 1.54) is 16.7 Å². The third kappa shape index (κ3) is 4.72. The fraction of sp³-hybridized carbons (Fsp3) is 0.350. The van der Waals surface area contributed by atoms with Gasteiger partial charge in [-0.05, 0) is 55.7 Å². The number of nitrogens with zero attached hydrogens (tertiary/aromatic N) is 2. The van der Waals surface area contributed by atoms with E-state index in [0.29, 0.717) is 0 Å². The molecule has 0 spiro atoms. The van der Waals surface area contributed by atoms with Crippen LogP contribution in [-0.2, 0) is 6.54 Å². The molecule has 0 radical (unpaired) electrons. The first-order valence-corrected chi connectivity index (χ1v) is 9.40. The zero-order valence-corrected chi connectivity index (χ0v) is 16.3. The second-order valence-electron chi connectivity index (χ2n) is 6.65. The molecule has 1 aliphatic rings. The molecule has 3 rings (SSSR count). The standard InChI is InChI=1S/C20H24ClN3S/c1-15-8-9-19(16(2)12-15)22-20(25)24-11-5-10-23(14-24)13-17-6-3-4-7-18(17)21/h3-4,6-9,12H,5,10-11,13-14H2,1-2H3,(H,22,25). The maximum Gasteiger partial charge on any atom is 0.174 e. The number of anilines is 1. The molecular formula is C20H24ClN3S. The van der Waals surface area contributed by atoms with Crippen LogP contribution < -0.4 is 5.32 Å². The molecule has 0 bridgehead atoms. The Morgan fingerprint density at radius 3 is 2.72 bits per heavy atom. The van der Waals surface area contributed by atoms with Crippen molar-refractivity contribution in [3.05, 3.63) is 64.2 Å². The van der Waals surface area contributed by atoms with Gasteiger partial charge in [-0.3, -0.25) is 4.90 Å². The van der Waals surface area contributed by atoms with Gasteiger partial charge in [0.25, 0.3) is 0 Å². The van der Waals surface area contributed by atoms with Crippen molar-refractivity contribution < 1.29 is 0 Å². The molecule has 1 fully saturated rings. The van der Waals surface area contributed by atoms with Gasteiger partial charge in [0, 0.05) is 30.3 Å². The summed E-state index contributed by atoms with van der Waals surface area (Å²) < 4.78 is 0. The van der Waals surface area contributed by atoms with E-state index < -0.39 is 0 Å². The van der Waals surface area contributed by atoms with Crippen molar-refractivity contribution in [1.29, 1.82) is 0 Å². The van der Waals surface area contributed by atoms with Crippen LogP contribution in [0.3, 0.4) is 0 Å². The Morgan fingerprint density at radius 1 is 1.16 bits per heavy atom. The Hall–Kier alpha value is -1.62. The number of nitrogens with one attached hydrogen (secondary N) is 1. The monoisotopic (exact) mass is 373 g/mol. The topological polar surface area (TPSA) is 18.5 Å². The lowest BCUT2D eigenvalue weighted by Gasteiger charge is -2.37. The van der Waals surface area contributed by atoms with Crippen molar-refractivity contribution in [2.45, 2.75) is 26.8 Å². The second-order valence-corrected chi connectivity index (χ2v) is 7.44. The van der Waals surface area contributed by atoms with Crippen LogP contribution in [0.1, 0.15) is 23.1 Å². The van der Waals surface area contributed by atoms with Gasteiger partial charge in [0.2, 0.25) is 0 Å². The van der Waals surface area contributed by atoms with Gasteiger partial charge < -0.3 is 10.2 Å². The van der Waals surface area contributed by atoms with Gasteiger partial charge in [-0.25, -0.2) is 0 Å². The van der Waals surface area contributed by atoms with Crippen molar-refractivity contribution in [3.8, 4) is 0 Å². The molecule has 1 heterocycles. The summed E-state index contributed by atoms with van der Waals surface area (Å²) in [5.74, 6) is 0. The van der Waals surface area contributed by atoms with E-state index in [1.807, 2.05) is 18.2 Å². The average Bonchev–Trinajstić information content (AvgIpc) is 2.60. The summed E-state index contributed by atoms with van der Waals surface area (Å²) in [4.78, 5) is 4.62. The van der Waals surface area contributed by atoms with Crippen molar-refractivity contribution in [1.82, 2.24) is 9.80 Å². The van der Waals surface area contributed by atoms with E-state index in [0.717, 1.165) is 48.5 Å². The van der Waals surface area contributed by atoms with E-state index in [1.54, 1.807) is 0 Å². The van der Waals surface area contributed by atoms with Crippen LogP contribution in [0.25, 0.3) is 0 Å². The van der Waals surface area contributed by atoms with Gasteiger partial charge >= 0.3 is 0 Å². The van der Waals surface area contributed by atoms with Crippen LogP contribution in [0.4, 0.5) is 5.69 Å². The predicted octanol–water partition coefficient (Wildman–Crippen LogP) is 4.82. The molecule has 5 heteroatoms. The first kappa shape index (κ1) is 18.2. The molecule has 2 aromatic carbocycles. The lowest BCUT2D eigenvalue weighted by atomic mass is 10.1. The Bertz CT molecular complexity index is 762. The minimum Gasteiger partial charge on any atom is -0.336 e. The largest absolute Gasteiger partial charge is 0.336 e. The predicted molar refractivity (Wildman–Crippen MR) is 110 cm³/mol. The minimum absolute atomic E-state index is 0.788. The summed E-state index contributed by atoms with van der Waals surface area (Å²) in [7, 11) is 0. The molecule has 0 aliphatic carbocycles. The highest BCUT2D eigenvalue weighted by Gasteiger charge is 2.20. The fourth-order valence-electron chi connectivity index (χ4n) is 3.18. The number of halogens is 1. The van der Waals surface area contributed by atoms with Crippen LogP contribution in [0, 0.1) is 13.8 Å². The van der Waals surface area contributed by atoms with E-state index in [-0.39, 0.29) is 0 Å². The Kier molecular flexibility index (Phi) is 5.94. The average molecular weight is 374 g/mol. The van der Waals surface area contributed by atoms with E-state index in [4.69, 9.17) is 23.8 Å². The Morgan fingerprint density at radius 2 is 1.96 bits per heavy atom. The van der Waals surface area contributed by atoms with Gasteiger partial charge in [0.1, 0.15) is 0 Å². The van der Waals surface area contributed by atoms with Gasteiger partial charge in [-0.15, -0.1) is 0 Å². The van der Waals surface area contributed by atoms with E-state index in [2.05, 4.69) is 53.2 Å². The van der Waals surface area contributed by atoms with Gasteiger partial charge in [0.15, 0.2) is 5.11 Å². The minimum atomic E-state index is 0.788. The lowest BCUT2D eigenvalue weighted by Crippen LogP contribution is -2.48. The number of hydrogen-bond donors (Lipinski definition) is 1. The highest BCUT2D eigenvalue weighted by atomic mass is 35.5. The number of rotatable bonds is 3. The second kappa shape index (κ2) is 8.17. The highest BCUT2D eigenvalue weighted by Crippen LogP contribution is 2.20. The third-order valence-corrected chi connectivity index (χ3v) is 5.26. The molecule has 0 amide bonds.